The molecule has 3 heteroatoms. The fourth-order valence-electron chi connectivity index (χ4n) is 2.56. The van der Waals surface area contributed by atoms with Crippen molar-refractivity contribution in [1.82, 2.24) is 0 Å². The molecule has 0 amide bonds. The van der Waals surface area contributed by atoms with E-state index in [0.29, 0.717) is 19.6 Å². The summed E-state index contributed by atoms with van der Waals surface area (Å²) in [6.07, 6.45) is 8.08. The van der Waals surface area contributed by atoms with Crippen LogP contribution < -0.4 is 0 Å². The highest BCUT2D eigenvalue weighted by Crippen LogP contribution is 2.37. The zero-order valence-corrected chi connectivity index (χ0v) is 10.3. The van der Waals surface area contributed by atoms with Gasteiger partial charge in [0.05, 0.1) is 5.41 Å². The topological polar surface area (TPSA) is 46.5 Å². The summed E-state index contributed by atoms with van der Waals surface area (Å²) in [5.41, 5.74) is -0.504. The quantitative estimate of drug-likeness (QED) is 0.735. The third kappa shape index (κ3) is 3.78. The first-order valence-electron chi connectivity index (χ1n) is 6.52. The lowest BCUT2D eigenvalue weighted by Crippen LogP contribution is -2.33. The first kappa shape index (κ1) is 13.5. The number of hydrogen-bond acceptors (Lipinski definition) is 2. The van der Waals surface area contributed by atoms with E-state index in [-0.39, 0.29) is 0 Å². The number of hydrogen-bond donors (Lipinski definition) is 1. The fourth-order valence-corrected chi connectivity index (χ4v) is 2.56. The minimum Gasteiger partial charge on any atom is -0.481 e. The molecule has 0 unspecified atom stereocenters. The normalized spacial score (nSPS) is 21.1. The molecule has 0 saturated heterocycles. The van der Waals surface area contributed by atoms with E-state index in [1.807, 2.05) is 6.92 Å². The number of aliphatic carboxylic acids is 1. The van der Waals surface area contributed by atoms with Gasteiger partial charge in [0.25, 0.3) is 0 Å². The monoisotopic (exact) mass is 228 g/mol. The van der Waals surface area contributed by atoms with Gasteiger partial charge in [0.2, 0.25) is 0 Å². The van der Waals surface area contributed by atoms with Crippen molar-refractivity contribution in [2.24, 2.45) is 5.41 Å². The molecule has 3 nitrogen and oxygen atoms in total. The van der Waals surface area contributed by atoms with Crippen molar-refractivity contribution in [3.63, 3.8) is 0 Å². The van der Waals surface area contributed by atoms with E-state index in [4.69, 9.17) is 4.74 Å². The second-order valence-corrected chi connectivity index (χ2v) is 4.80. The molecule has 1 rings (SSSR count). The predicted octanol–water partition coefficient (Wildman–Crippen LogP) is 3.23. The highest BCUT2D eigenvalue weighted by atomic mass is 16.5. The molecule has 0 heterocycles. The van der Waals surface area contributed by atoms with Crippen molar-refractivity contribution in [1.29, 1.82) is 0 Å². The van der Waals surface area contributed by atoms with Gasteiger partial charge in [0.15, 0.2) is 0 Å². The van der Waals surface area contributed by atoms with E-state index in [9.17, 15) is 9.90 Å². The molecule has 0 aromatic carbocycles. The molecule has 0 aromatic heterocycles. The SMILES string of the molecule is CCOCCC1(C(=O)O)CCCCCCC1. The minimum absolute atomic E-state index is 0.504. The van der Waals surface area contributed by atoms with Crippen LogP contribution in [0.2, 0.25) is 0 Å². The van der Waals surface area contributed by atoms with Crippen LogP contribution in [-0.2, 0) is 9.53 Å². The molecule has 16 heavy (non-hydrogen) atoms. The van der Waals surface area contributed by atoms with Crippen LogP contribution in [0, 0.1) is 5.41 Å². The van der Waals surface area contributed by atoms with Crippen LogP contribution in [0.4, 0.5) is 0 Å². The van der Waals surface area contributed by atoms with Crippen molar-refractivity contribution < 1.29 is 14.6 Å². The third-order valence-electron chi connectivity index (χ3n) is 3.69. The molecule has 0 bridgehead atoms. The molecule has 0 aliphatic heterocycles. The number of carboxylic acids is 1. The van der Waals surface area contributed by atoms with E-state index in [1.165, 1.54) is 19.3 Å². The molecule has 1 fully saturated rings. The van der Waals surface area contributed by atoms with E-state index in [0.717, 1.165) is 25.7 Å². The predicted molar refractivity (Wildman–Crippen MR) is 63.5 cm³/mol. The summed E-state index contributed by atoms with van der Waals surface area (Å²) < 4.78 is 5.32. The molecule has 1 N–H and O–H groups in total. The Bertz CT molecular complexity index is 205. The van der Waals surface area contributed by atoms with Gasteiger partial charge in [0.1, 0.15) is 0 Å². The Hall–Kier alpha value is -0.570. The zero-order valence-electron chi connectivity index (χ0n) is 10.3. The number of rotatable bonds is 5. The van der Waals surface area contributed by atoms with Gasteiger partial charge in [-0.25, -0.2) is 0 Å². The van der Waals surface area contributed by atoms with Crippen molar-refractivity contribution in [2.75, 3.05) is 13.2 Å². The minimum atomic E-state index is -0.617. The van der Waals surface area contributed by atoms with Crippen LogP contribution in [-0.4, -0.2) is 24.3 Å². The first-order chi connectivity index (χ1) is 7.71. The Labute approximate surface area is 98.2 Å². The van der Waals surface area contributed by atoms with Crippen LogP contribution >= 0.6 is 0 Å². The largest absolute Gasteiger partial charge is 0.481 e. The van der Waals surface area contributed by atoms with Crippen molar-refractivity contribution in [3.05, 3.63) is 0 Å². The van der Waals surface area contributed by atoms with Crippen LogP contribution in [0.5, 0.6) is 0 Å². The van der Waals surface area contributed by atoms with Gasteiger partial charge in [-0.3, -0.25) is 4.79 Å². The second-order valence-electron chi connectivity index (χ2n) is 4.80. The maximum atomic E-state index is 11.5. The lowest BCUT2D eigenvalue weighted by Gasteiger charge is -2.31. The van der Waals surface area contributed by atoms with Gasteiger partial charge in [0, 0.05) is 13.2 Å². The van der Waals surface area contributed by atoms with Gasteiger partial charge in [-0.2, -0.15) is 0 Å². The molecule has 1 saturated carbocycles. The molecule has 0 aromatic rings. The molecular weight excluding hydrogens is 204 g/mol. The van der Waals surface area contributed by atoms with E-state index in [1.54, 1.807) is 0 Å². The fraction of sp³-hybridized carbons (Fsp3) is 0.923. The Balaban J connectivity index is 2.56. The van der Waals surface area contributed by atoms with Crippen LogP contribution in [0.15, 0.2) is 0 Å². The van der Waals surface area contributed by atoms with Gasteiger partial charge < -0.3 is 9.84 Å². The van der Waals surface area contributed by atoms with Crippen LogP contribution in [0.3, 0.4) is 0 Å². The molecule has 0 spiro atoms. The number of carboxylic acid groups (broad SMARTS) is 1. The van der Waals surface area contributed by atoms with Gasteiger partial charge in [-0.05, 0) is 26.2 Å². The molecular formula is C13H24O3. The summed E-state index contributed by atoms with van der Waals surface area (Å²) in [7, 11) is 0. The van der Waals surface area contributed by atoms with E-state index < -0.39 is 11.4 Å². The standard InChI is InChI=1S/C13H24O3/c1-2-16-11-10-13(12(14)15)8-6-4-3-5-7-9-13/h2-11H2,1H3,(H,14,15). The molecule has 0 radical (unpaired) electrons. The number of ether oxygens (including phenoxy) is 1. The van der Waals surface area contributed by atoms with Crippen molar-refractivity contribution in [2.45, 2.75) is 58.3 Å². The van der Waals surface area contributed by atoms with Gasteiger partial charge in [-0.15, -0.1) is 0 Å². The number of carbonyl (C=O) groups is 1. The Morgan fingerprint density at radius 1 is 1.19 bits per heavy atom. The van der Waals surface area contributed by atoms with Crippen LogP contribution in [0.25, 0.3) is 0 Å². The average molecular weight is 228 g/mol. The first-order valence-corrected chi connectivity index (χ1v) is 6.52. The summed E-state index contributed by atoms with van der Waals surface area (Å²) in [6.45, 7) is 3.21. The van der Waals surface area contributed by atoms with Gasteiger partial charge in [-0.1, -0.05) is 32.1 Å². The lowest BCUT2D eigenvalue weighted by atomic mass is 9.74. The molecule has 1 aliphatic rings. The maximum absolute atomic E-state index is 11.5. The van der Waals surface area contributed by atoms with Crippen LogP contribution in [0.1, 0.15) is 58.3 Å². The Morgan fingerprint density at radius 3 is 2.25 bits per heavy atom. The zero-order chi connectivity index (χ0) is 11.9. The third-order valence-corrected chi connectivity index (χ3v) is 3.69. The highest BCUT2D eigenvalue weighted by molar-refractivity contribution is 5.74. The summed E-state index contributed by atoms with van der Waals surface area (Å²) >= 11 is 0. The summed E-state index contributed by atoms with van der Waals surface area (Å²) in [5, 5.41) is 9.45. The Kier molecular flexibility index (Phi) is 5.81. The van der Waals surface area contributed by atoms with E-state index in [2.05, 4.69) is 0 Å². The summed E-state index contributed by atoms with van der Waals surface area (Å²) in [4.78, 5) is 11.5. The lowest BCUT2D eigenvalue weighted by molar-refractivity contribution is -0.151. The Morgan fingerprint density at radius 2 is 1.75 bits per heavy atom. The molecule has 0 atom stereocenters. The molecule has 94 valence electrons. The van der Waals surface area contributed by atoms with Gasteiger partial charge >= 0.3 is 5.97 Å². The van der Waals surface area contributed by atoms with E-state index >= 15 is 0 Å². The van der Waals surface area contributed by atoms with Crippen molar-refractivity contribution >= 4 is 5.97 Å². The second kappa shape index (κ2) is 6.89. The van der Waals surface area contributed by atoms with Crippen molar-refractivity contribution in [3.8, 4) is 0 Å². The average Bonchev–Trinajstić information content (AvgIpc) is 2.21. The maximum Gasteiger partial charge on any atom is 0.309 e. The highest BCUT2D eigenvalue weighted by Gasteiger charge is 2.37. The smallest absolute Gasteiger partial charge is 0.309 e. The summed E-state index contributed by atoms with van der Waals surface area (Å²) in [6, 6.07) is 0. The summed E-state index contributed by atoms with van der Waals surface area (Å²) in [5.74, 6) is -0.617. The molecule has 1 aliphatic carbocycles.